The van der Waals surface area contributed by atoms with Gasteiger partial charge in [0.2, 0.25) is 0 Å². The minimum absolute atomic E-state index is 0.694. The monoisotopic (exact) mass is 269 g/mol. The summed E-state index contributed by atoms with van der Waals surface area (Å²) in [6, 6.07) is 11.7. The third kappa shape index (κ3) is 2.66. The van der Waals surface area contributed by atoms with E-state index in [2.05, 4.69) is 15.3 Å². The van der Waals surface area contributed by atoms with Gasteiger partial charge < -0.3 is 5.32 Å². The van der Waals surface area contributed by atoms with Crippen LogP contribution in [0.15, 0.2) is 55.0 Å². The predicted molar refractivity (Wildman–Crippen MR) is 78.3 cm³/mol. The van der Waals surface area contributed by atoms with E-state index in [4.69, 9.17) is 11.6 Å². The molecule has 0 unspecified atom stereocenters. The van der Waals surface area contributed by atoms with Crippen LogP contribution < -0.4 is 5.32 Å². The smallest absolute Gasteiger partial charge is 0.0934 e. The number of nitrogens with zero attached hydrogens (tertiary/aromatic N) is 2. The molecule has 3 rings (SSSR count). The van der Waals surface area contributed by atoms with Gasteiger partial charge in [-0.25, -0.2) is 0 Å². The van der Waals surface area contributed by atoms with E-state index < -0.39 is 0 Å². The normalized spacial score (nSPS) is 10.6. The Bertz CT molecular complexity index is 698. The second kappa shape index (κ2) is 5.24. The first-order chi connectivity index (χ1) is 9.33. The van der Waals surface area contributed by atoms with Crippen molar-refractivity contribution in [1.82, 2.24) is 9.97 Å². The van der Waals surface area contributed by atoms with Crippen molar-refractivity contribution < 1.29 is 0 Å². The van der Waals surface area contributed by atoms with Crippen molar-refractivity contribution in [2.24, 2.45) is 0 Å². The lowest BCUT2D eigenvalue weighted by Crippen LogP contribution is -2.01. The largest absolute Gasteiger partial charge is 0.379 e. The van der Waals surface area contributed by atoms with Crippen molar-refractivity contribution >= 4 is 28.2 Å². The number of hydrogen-bond donors (Lipinski definition) is 1. The fourth-order valence-electron chi connectivity index (χ4n) is 1.99. The Balaban J connectivity index is 1.92. The number of benzene rings is 1. The fraction of sp³-hybridized carbons (Fsp3) is 0.0667. The van der Waals surface area contributed by atoms with Crippen LogP contribution in [0.5, 0.6) is 0 Å². The van der Waals surface area contributed by atoms with E-state index in [0.717, 1.165) is 22.2 Å². The highest BCUT2D eigenvalue weighted by Crippen LogP contribution is 2.26. The van der Waals surface area contributed by atoms with Crippen molar-refractivity contribution in [2.75, 3.05) is 5.32 Å². The summed E-state index contributed by atoms with van der Waals surface area (Å²) in [7, 11) is 0. The van der Waals surface area contributed by atoms with Crippen molar-refractivity contribution in [1.29, 1.82) is 0 Å². The highest BCUT2D eigenvalue weighted by Gasteiger charge is 2.04. The molecule has 0 aliphatic carbocycles. The molecule has 2 heterocycles. The minimum Gasteiger partial charge on any atom is -0.379 e. The zero-order valence-corrected chi connectivity index (χ0v) is 10.9. The molecule has 0 saturated carbocycles. The number of anilines is 1. The molecule has 0 amide bonds. The lowest BCUT2D eigenvalue weighted by molar-refractivity contribution is 1.11. The zero-order valence-electron chi connectivity index (χ0n) is 10.2. The van der Waals surface area contributed by atoms with Gasteiger partial charge in [-0.2, -0.15) is 0 Å². The number of halogens is 1. The Morgan fingerprint density at radius 3 is 2.84 bits per heavy atom. The van der Waals surface area contributed by atoms with E-state index in [1.54, 1.807) is 12.4 Å². The van der Waals surface area contributed by atoms with Crippen LogP contribution in [-0.4, -0.2) is 9.97 Å². The fourth-order valence-corrected chi connectivity index (χ4v) is 2.22. The summed E-state index contributed by atoms with van der Waals surface area (Å²) < 4.78 is 0. The lowest BCUT2D eigenvalue weighted by atomic mass is 10.2. The van der Waals surface area contributed by atoms with Gasteiger partial charge in [-0.3, -0.25) is 9.97 Å². The molecule has 19 heavy (non-hydrogen) atoms. The Morgan fingerprint density at radius 1 is 1.11 bits per heavy atom. The Kier molecular flexibility index (Phi) is 3.29. The highest BCUT2D eigenvalue weighted by molar-refractivity contribution is 6.31. The third-order valence-electron chi connectivity index (χ3n) is 2.88. The summed E-state index contributed by atoms with van der Waals surface area (Å²) in [6.45, 7) is 0.694. The van der Waals surface area contributed by atoms with Crippen LogP contribution in [0.4, 0.5) is 5.69 Å². The Labute approximate surface area is 116 Å². The number of pyridine rings is 2. The van der Waals surface area contributed by atoms with Gasteiger partial charge in [0.15, 0.2) is 0 Å². The molecular weight excluding hydrogens is 258 g/mol. The molecule has 0 atom stereocenters. The van der Waals surface area contributed by atoms with Crippen LogP contribution >= 0.6 is 11.6 Å². The molecule has 1 aromatic carbocycles. The molecule has 0 aliphatic heterocycles. The van der Waals surface area contributed by atoms with Crippen LogP contribution in [-0.2, 0) is 6.54 Å². The van der Waals surface area contributed by atoms with Crippen LogP contribution in [0.3, 0.4) is 0 Å². The average Bonchev–Trinajstić information content (AvgIpc) is 2.45. The quantitative estimate of drug-likeness (QED) is 0.784. The SMILES string of the molecule is Clc1cc(NCc2cccnc2)c2ncccc2c1. The average molecular weight is 270 g/mol. The maximum Gasteiger partial charge on any atom is 0.0934 e. The van der Waals surface area contributed by atoms with Crippen molar-refractivity contribution in [3.8, 4) is 0 Å². The van der Waals surface area contributed by atoms with E-state index in [1.165, 1.54) is 0 Å². The topological polar surface area (TPSA) is 37.8 Å². The number of rotatable bonds is 3. The minimum atomic E-state index is 0.694. The van der Waals surface area contributed by atoms with Gasteiger partial charge in [0.05, 0.1) is 11.2 Å². The summed E-state index contributed by atoms with van der Waals surface area (Å²) >= 11 is 6.13. The predicted octanol–water partition coefficient (Wildman–Crippen LogP) is 3.90. The number of hydrogen-bond acceptors (Lipinski definition) is 3. The first kappa shape index (κ1) is 11.9. The van der Waals surface area contributed by atoms with Gasteiger partial charge in [0.1, 0.15) is 0 Å². The van der Waals surface area contributed by atoms with E-state index in [9.17, 15) is 0 Å². The maximum absolute atomic E-state index is 6.13. The highest BCUT2D eigenvalue weighted by atomic mass is 35.5. The van der Waals surface area contributed by atoms with Crippen LogP contribution in [0.25, 0.3) is 10.9 Å². The third-order valence-corrected chi connectivity index (χ3v) is 3.09. The molecule has 94 valence electrons. The molecule has 0 radical (unpaired) electrons. The second-order valence-corrected chi connectivity index (χ2v) is 4.68. The zero-order chi connectivity index (χ0) is 13.1. The number of fused-ring (bicyclic) bond motifs is 1. The van der Waals surface area contributed by atoms with E-state index in [1.807, 2.05) is 42.6 Å². The molecule has 3 nitrogen and oxygen atoms in total. The molecule has 3 aromatic rings. The van der Waals surface area contributed by atoms with Gasteiger partial charge in [0, 0.05) is 35.5 Å². The molecule has 2 aromatic heterocycles. The van der Waals surface area contributed by atoms with Crippen LogP contribution in [0.2, 0.25) is 5.02 Å². The summed E-state index contributed by atoms with van der Waals surface area (Å²) in [5, 5.41) is 5.09. The van der Waals surface area contributed by atoms with Gasteiger partial charge in [-0.05, 0) is 29.8 Å². The standard InChI is InChI=1S/C15H12ClN3/c16-13-7-12-4-2-6-18-15(12)14(8-13)19-10-11-3-1-5-17-9-11/h1-9,19H,10H2. The molecule has 0 fully saturated rings. The van der Waals surface area contributed by atoms with E-state index in [-0.39, 0.29) is 0 Å². The number of nitrogens with one attached hydrogen (secondary N) is 1. The Morgan fingerprint density at radius 2 is 2.00 bits per heavy atom. The van der Waals surface area contributed by atoms with Crippen molar-refractivity contribution in [2.45, 2.75) is 6.54 Å². The van der Waals surface area contributed by atoms with Crippen molar-refractivity contribution in [3.05, 3.63) is 65.6 Å². The molecular formula is C15H12ClN3. The summed E-state index contributed by atoms with van der Waals surface area (Å²) in [5.74, 6) is 0. The van der Waals surface area contributed by atoms with Gasteiger partial charge in [0.25, 0.3) is 0 Å². The molecule has 0 bridgehead atoms. The summed E-state index contributed by atoms with van der Waals surface area (Å²) in [4.78, 5) is 8.49. The van der Waals surface area contributed by atoms with Gasteiger partial charge in [-0.1, -0.05) is 23.7 Å². The molecule has 0 spiro atoms. The van der Waals surface area contributed by atoms with Gasteiger partial charge in [-0.15, -0.1) is 0 Å². The molecule has 1 N–H and O–H groups in total. The molecule has 0 saturated heterocycles. The van der Waals surface area contributed by atoms with Gasteiger partial charge >= 0.3 is 0 Å². The first-order valence-electron chi connectivity index (χ1n) is 6.00. The first-order valence-corrected chi connectivity index (χ1v) is 6.38. The Hall–Kier alpha value is -2.13. The molecule has 0 aliphatic rings. The number of aromatic nitrogens is 2. The van der Waals surface area contributed by atoms with E-state index >= 15 is 0 Å². The maximum atomic E-state index is 6.13. The van der Waals surface area contributed by atoms with E-state index in [0.29, 0.717) is 11.6 Å². The second-order valence-electron chi connectivity index (χ2n) is 4.24. The molecule has 4 heteroatoms. The van der Waals surface area contributed by atoms with Crippen LogP contribution in [0.1, 0.15) is 5.56 Å². The van der Waals surface area contributed by atoms with Crippen molar-refractivity contribution in [3.63, 3.8) is 0 Å². The lowest BCUT2D eigenvalue weighted by Gasteiger charge is -2.09. The summed E-state index contributed by atoms with van der Waals surface area (Å²) in [6.07, 6.45) is 5.39. The summed E-state index contributed by atoms with van der Waals surface area (Å²) in [5.41, 5.74) is 2.98. The van der Waals surface area contributed by atoms with Crippen LogP contribution in [0, 0.1) is 0 Å².